The van der Waals surface area contributed by atoms with Crippen LogP contribution < -0.4 is 0 Å². The second-order valence-corrected chi connectivity index (χ2v) is 9.62. The Morgan fingerprint density at radius 2 is 2.00 bits per heavy atom. The summed E-state index contributed by atoms with van der Waals surface area (Å²) < 4.78 is 28.7. The van der Waals surface area contributed by atoms with Gasteiger partial charge in [0.1, 0.15) is 9.84 Å². The van der Waals surface area contributed by atoms with Gasteiger partial charge in [0.25, 0.3) is 0 Å². The molecule has 0 bridgehead atoms. The van der Waals surface area contributed by atoms with E-state index in [9.17, 15) is 13.2 Å². The number of rotatable bonds is 5. The highest BCUT2D eigenvalue weighted by Gasteiger charge is 2.52. The van der Waals surface area contributed by atoms with Crippen LogP contribution in [0.4, 0.5) is 0 Å². The predicted octanol–water partition coefficient (Wildman–Crippen LogP) is 1.23. The van der Waals surface area contributed by atoms with Crippen LogP contribution in [0.5, 0.6) is 0 Å². The first-order valence-electron chi connectivity index (χ1n) is 7.80. The fourth-order valence-corrected chi connectivity index (χ4v) is 5.25. The van der Waals surface area contributed by atoms with Crippen LogP contribution in [0.15, 0.2) is 0 Å². The molecule has 0 spiro atoms. The van der Waals surface area contributed by atoms with E-state index >= 15 is 0 Å². The van der Waals surface area contributed by atoms with Gasteiger partial charge in [-0.1, -0.05) is 0 Å². The first kappa shape index (κ1) is 15.3. The van der Waals surface area contributed by atoms with Gasteiger partial charge in [-0.25, -0.2) is 8.42 Å². The molecule has 5 nitrogen and oxygen atoms in total. The van der Waals surface area contributed by atoms with Crippen molar-refractivity contribution < 1.29 is 17.9 Å². The molecule has 0 N–H and O–H groups in total. The fourth-order valence-electron chi connectivity index (χ4n) is 3.74. The Bertz CT molecular complexity index is 536. The number of sulfone groups is 1. The lowest BCUT2D eigenvalue weighted by Crippen LogP contribution is -2.59. The molecule has 1 aliphatic heterocycles. The summed E-state index contributed by atoms with van der Waals surface area (Å²) in [5.41, 5.74) is -0.468. The highest BCUT2D eigenvalue weighted by atomic mass is 32.2. The van der Waals surface area contributed by atoms with Gasteiger partial charge < -0.3 is 9.64 Å². The molecule has 1 unspecified atom stereocenters. The number of morpholine rings is 1. The Balaban J connectivity index is 1.69. The van der Waals surface area contributed by atoms with Crippen molar-refractivity contribution >= 4 is 15.7 Å². The molecule has 1 amide bonds. The first-order chi connectivity index (χ1) is 9.74. The molecule has 1 heterocycles. The van der Waals surface area contributed by atoms with Crippen molar-refractivity contribution in [1.82, 2.24) is 4.90 Å². The Morgan fingerprint density at radius 1 is 1.33 bits per heavy atom. The van der Waals surface area contributed by atoms with E-state index in [0.29, 0.717) is 32.1 Å². The van der Waals surface area contributed by atoms with Crippen LogP contribution in [0, 0.1) is 11.3 Å². The van der Waals surface area contributed by atoms with Gasteiger partial charge in [0.05, 0.1) is 24.5 Å². The average molecular weight is 315 g/mol. The maximum absolute atomic E-state index is 12.8. The molecule has 0 radical (unpaired) electrons. The highest BCUT2D eigenvalue weighted by Crippen LogP contribution is 2.51. The molecular formula is C15H25NO4S. The molecule has 3 fully saturated rings. The SMILES string of the molecule is CC1(C2CC2)COCCN1C(=O)CC1(CS(C)(=O)=O)CC1. The van der Waals surface area contributed by atoms with Gasteiger partial charge in [-0.2, -0.15) is 0 Å². The zero-order valence-electron chi connectivity index (χ0n) is 12.9. The fraction of sp³-hybridized carbons (Fsp3) is 0.933. The van der Waals surface area contributed by atoms with Crippen molar-refractivity contribution in [3.05, 3.63) is 0 Å². The van der Waals surface area contributed by atoms with Crippen LogP contribution in [0.25, 0.3) is 0 Å². The third-order valence-electron chi connectivity index (χ3n) is 5.28. The normalized spacial score (nSPS) is 32.0. The lowest BCUT2D eigenvalue weighted by molar-refractivity contribution is -0.151. The summed E-state index contributed by atoms with van der Waals surface area (Å²) in [6.45, 7) is 3.97. The molecule has 6 heteroatoms. The van der Waals surface area contributed by atoms with Crippen molar-refractivity contribution in [2.24, 2.45) is 11.3 Å². The van der Waals surface area contributed by atoms with Crippen molar-refractivity contribution in [3.63, 3.8) is 0 Å². The molecule has 0 aromatic heterocycles. The van der Waals surface area contributed by atoms with Crippen LogP contribution in [0.1, 0.15) is 39.0 Å². The van der Waals surface area contributed by atoms with Gasteiger partial charge in [-0.3, -0.25) is 4.79 Å². The molecule has 0 aromatic carbocycles. The second kappa shape index (κ2) is 4.95. The standard InChI is InChI=1S/C15H25NO4S/c1-14(12-3-4-12)10-20-8-7-16(14)13(17)9-15(5-6-15)11-21(2,18)19/h12H,3-11H2,1-2H3. The molecule has 120 valence electrons. The Morgan fingerprint density at radius 3 is 2.52 bits per heavy atom. The highest BCUT2D eigenvalue weighted by molar-refractivity contribution is 7.90. The smallest absolute Gasteiger partial charge is 0.223 e. The third-order valence-corrected chi connectivity index (χ3v) is 6.42. The summed E-state index contributed by atoms with van der Waals surface area (Å²) in [7, 11) is -3.02. The Labute approximate surface area is 126 Å². The van der Waals surface area contributed by atoms with Crippen LogP contribution in [-0.2, 0) is 19.4 Å². The quantitative estimate of drug-likeness (QED) is 0.765. The number of carbonyl (C=O) groups is 1. The number of hydrogen-bond acceptors (Lipinski definition) is 4. The number of ether oxygens (including phenoxy) is 1. The molecule has 1 saturated heterocycles. The van der Waals surface area contributed by atoms with E-state index in [0.717, 1.165) is 25.7 Å². The molecule has 2 saturated carbocycles. The monoisotopic (exact) mass is 315 g/mol. The van der Waals surface area contributed by atoms with Crippen LogP contribution in [-0.4, -0.2) is 56.5 Å². The topological polar surface area (TPSA) is 63.7 Å². The molecule has 3 aliphatic rings. The van der Waals surface area contributed by atoms with E-state index in [1.807, 2.05) is 4.90 Å². The zero-order chi connectivity index (χ0) is 15.3. The van der Waals surface area contributed by atoms with E-state index < -0.39 is 9.84 Å². The van der Waals surface area contributed by atoms with Crippen LogP contribution >= 0.6 is 0 Å². The van der Waals surface area contributed by atoms with Crippen molar-refractivity contribution in [1.29, 1.82) is 0 Å². The Kier molecular flexibility index (Phi) is 3.60. The van der Waals surface area contributed by atoms with Crippen molar-refractivity contribution in [2.75, 3.05) is 31.8 Å². The van der Waals surface area contributed by atoms with Crippen LogP contribution in [0.3, 0.4) is 0 Å². The minimum Gasteiger partial charge on any atom is -0.377 e. The predicted molar refractivity (Wildman–Crippen MR) is 79.7 cm³/mol. The van der Waals surface area contributed by atoms with E-state index in [4.69, 9.17) is 4.74 Å². The summed E-state index contributed by atoms with van der Waals surface area (Å²) in [5.74, 6) is 0.816. The second-order valence-electron chi connectivity index (χ2n) is 7.48. The lowest BCUT2D eigenvalue weighted by atomic mass is 9.91. The van der Waals surface area contributed by atoms with E-state index in [1.54, 1.807) is 0 Å². The van der Waals surface area contributed by atoms with E-state index in [2.05, 4.69) is 6.92 Å². The zero-order valence-corrected chi connectivity index (χ0v) is 13.7. The minimum atomic E-state index is -3.02. The van der Waals surface area contributed by atoms with E-state index in [-0.39, 0.29) is 22.6 Å². The number of carbonyl (C=O) groups excluding carboxylic acids is 1. The number of nitrogens with zero attached hydrogens (tertiary/aromatic N) is 1. The largest absolute Gasteiger partial charge is 0.377 e. The van der Waals surface area contributed by atoms with Gasteiger partial charge in [-0.05, 0) is 43.9 Å². The minimum absolute atomic E-state index is 0.119. The average Bonchev–Trinajstić information content (AvgIpc) is 3.21. The molecule has 1 atom stereocenters. The first-order valence-corrected chi connectivity index (χ1v) is 9.86. The maximum Gasteiger partial charge on any atom is 0.223 e. The van der Waals surface area contributed by atoms with Crippen molar-refractivity contribution in [3.8, 4) is 0 Å². The van der Waals surface area contributed by atoms with Gasteiger partial charge in [0, 0.05) is 19.2 Å². The number of hydrogen-bond donors (Lipinski definition) is 0. The van der Waals surface area contributed by atoms with E-state index in [1.165, 1.54) is 6.26 Å². The van der Waals surface area contributed by atoms with Gasteiger partial charge in [0.2, 0.25) is 5.91 Å². The lowest BCUT2D eigenvalue weighted by Gasteiger charge is -2.45. The Hall–Kier alpha value is -0.620. The van der Waals surface area contributed by atoms with Gasteiger partial charge in [0.15, 0.2) is 0 Å². The molecule has 2 aliphatic carbocycles. The molecule has 3 rings (SSSR count). The van der Waals surface area contributed by atoms with Crippen molar-refractivity contribution in [2.45, 2.75) is 44.6 Å². The number of amides is 1. The molecular weight excluding hydrogens is 290 g/mol. The summed E-state index contributed by atoms with van der Waals surface area (Å²) in [5, 5.41) is 0. The summed E-state index contributed by atoms with van der Waals surface area (Å²) in [6, 6.07) is 0. The van der Waals surface area contributed by atoms with Crippen LogP contribution in [0.2, 0.25) is 0 Å². The summed E-state index contributed by atoms with van der Waals surface area (Å²) in [4.78, 5) is 14.7. The summed E-state index contributed by atoms with van der Waals surface area (Å²) >= 11 is 0. The molecule has 0 aromatic rings. The van der Waals surface area contributed by atoms with Gasteiger partial charge in [-0.15, -0.1) is 0 Å². The third kappa shape index (κ3) is 3.26. The maximum atomic E-state index is 12.8. The van der Waals surface area contributed by atoms with Gasteiger partial charge >= 0.3 is 0 Å². The summed E-state index contributed by atoms with van der Waals surface area (Å²) in [6.07, 6.45) is 5.69. The molecule has 21 heavy (non-hydrogen) atoms.